The van der Waals surface area contributed by atoms with Crippen molar-refractivity contribution >= 4 is 35.2 Å². The van der Waals surface area contributed by atoms with Crippen molar-refractivity contribution in [3.8, 4) is 11.3 Å². The minimum atomic E-state index is -0.524. The van der Waals surface area contributed by atoms with E-state index in [1.807, 2.05) is 6.07 Å². The van der Waals surface area contributed by atoms with Crippen LogP contribution in [0.1, 0.15) is 54.7 Å². The van der Waals surface area contributed by atoms with E-state index in [-0.39, 0.29) is 6.10 Å². The first-order valence-corrected chi connectivity index (χ1v) is 12.7. The third-order valence-corrected chi connectivity index (χ3v) is 7.31. The molecular formula is C24H24Cl2N6O4. The molecule has 0 spiro atoms. The summed E-state index contributed by atoms with van der Waals surface area (Å²) in [6.07, 6.45) is 6.34. The van der Waals surface area contributed by atoms with Gasteiger partial charge in [0.15, 0.2) is 0 Å². The molecule has 3 aliphatic rings. The third kappa shape index (κ3) is 4.73. The second-order valence-corrected chi connectivity index (χ2v) is 9.96. The molecule has 36 heavy (non-hydrogen) atoms. The molecule has 2 aromatic heterocycles. The monoisotopic (exact) mass is 530 g/mol. The zero-order valence-electron chi connectivity index (χ0n) is 19.2. The number of nitrogens with one attached hydrogen (secondary N) is 2. The molecule has 10 nitrogen and oxygen atoms in total. The largest absolute Gasteiger partial charge is 0.427 e. The van der Waals surface area contributed by atoms with Crippen LogP contribution in [-0.2, 0) is 16.2 Å². The number of benzene rings is 1. The normalized spacial score (nSPS) is 20.4. The maximum atomic E-state index is 11.2. The summed E-state index contributed by atoms with van der Waals surface area (Å²) >= 11 is 12.9. The number of hydroxylamine groups is 1. The molecule has 1 aliphatic carbocycles. The fourth-order valence-corrected chi connectivity index (χ4v) is 5.13. The molecule has 3 fully saturated rings. The summed E-state index contributed by atoms with van der Waals surface area (Å²) in [7, 11) is 0. The Morgan fingerprint density at radius 3 is 2.44 bits per heavy atom. The molecule has 2 aliphatic heterocycles. The van der Waals surface area contributed by atoms with Crippen molar-refractivity contribution in [2.24, 2.45) is 0 Å². The van der Waals surface area contributed by atoms with Gasteiger partial charge in [-0.2, -0.15) is 0 Å². The first-order valence-electron chi connectivity index (χ1n) is 11.9. The maximum Gasteiger partial charge on any atom is 0.427 e. The number of ether oxygens (including phenoxy) is 1. The van der Waals surface area contributed by atoms with E-state index in [0.29, 0.717) is 39.8 Å². The number of aromatic nitrogens is 3. The van der Waals surface area contributed by atoms with E-state index >= 15 is 0 Å². The topological polar surface area (TPSA) is 115 Å². The predicted octanol–water partition coefficient (Wildman–Crippen LogP) is 4.74. The first kappa shape index (κ1) is 23.5. The molecule has 1 amide bonds. The van der Waals surface area contributed by atoms with Gasteiger partial charge in [0.05, 0.1) is 22.8 Å². The Kier molecular flexibility index (Phi) is 6.43. The maximum absolute atomic E-state index is 11.2. The third-order valence-electron chi connectivity index (χ3n) is 6.68. The second kappa shape index (κ2) is 9.85. The molecular weight excluding hydrogens is 507 g/mol. The van der Waals surface area contributed by atoms with Gasteiger partial charge in [0.25, 0.3) is 0 Å². The van der Waals surface area contributed by atoms with Gasteiger partial charge >= 0.3 is 6.09 Å². The highest BCUT2D eigenvalue weighted by Gasteiger charge is 2.34. The summed E-state index contributed by atoms with van der Waals surface area (Å²) in [5.74, 6) is 1.91. The van der Waals surface area contributed by atoms with Gasteiger partial charge in [0.2, 0.25) is 5.95 Å². The van der Waals surface area contributed by atoms with Crippen LogP contribution in [0.4, 0.5) is 10.7 Å². The van der Waals surface area contributed by atoms with Crippen molar-refractivity contribution < 1.29 is 18.9 Å². The zero-order valence-corrected chi connectivity index (χ0v) is 20.8. The van der Waals surface area contributed by atoms with Crippen LogP contribution in [0.2, 0.25) is 10.0 Å². The molecule has 6 rings (SSSR count). The quantitative estimate of drug-likeness (QED) is 0.446. The molecule has 12 heteroatoms. The Labute approximate surface area is 217 Å². The Bertz CT molecular complexity index is 1240. The molecule has 1 unspecified atom stereocenters. The molecule has 1 aromatic carbocycles. The first-order chi connectivity index (χ1) is 17.6. The second-order valence-electron chi connectivity index (χ2n) is 9.14. The molecule has 1 atom stereocenters. The number of amides is 1. The summed E-state index contributed by atoms with van der Waals surface area (Å²) in [4.78, 5) is 27.0. The lowest BCUT2D eigenvalue weighted by atomic mass is 10.0. The van der Waals surface area contributed by atoms with Crippen LogP contribution >= 0.6 is 23.2 Å². The van der Waals surface area contributed by atoms with E-state index in [1.165, 1.54) is 0 Å². The van der Waals surface area contributed by atoms with E-state index in [0.717, 1.165) is 55.7 Å². The van der Waals surface area contributed by atoms with Crippen LogP contribution < -0.4 is 15.7 Å². The zero-order chi connectivity index (χ0) is 24.6. The van der Waals surface area contributed by atoms with Crippen LogP contribution in [0.3, 0.4) is 0 Å². The molecule has 4 heterocycles. The van der Waals surface area contributed by atoms with Gasteiger partial charge in [-0.15, -0.1) is 5.48 Å². The Balaban J connectivity index is 1.09. The minimum absolute atomic E-state index is 0.0899. The number of carbonyl (C=O) groups is 1. The number of piperidine rings is 1. The van der Waals surface area contributed by atoms with Crippen LogP contribution in [0.5, 0.6) is 0 Å². The molecule has 2 N–H and O–H groups in total. The Hall–Kier alpha value is -2.92. The van der Waals surface area contributed by atoms with Gasteiger partial charge in [-0.25, -0.2) is 14.8 Å². The molecule has 3 aromatic rings. The SMILES string of the molecule is O=C1NC(c2cnc(N3CCC(OCc4c(-c5c(Cl)cccc5Cl)noc4C4CC4)CC3)nc2)NO1. The summed E-state index contributed by atoms with van der Waals surface area (Å²) in [5, 5.41) is 8.05. The lowest BCUT2D eigenvalue weighted by molar-refractivity contribution is 0.0245. The van der Waals surface area contributed by atoms with Gasteiger partial charge in [0, 0.05) is 48.1 Å². The minimum Gasteiger partial charge on any atom is -0.373 e. The lowest BCUT2D eigenvalue weighted by Crippen LogP contribution is -2.38. The molecule has 2 saturated heterocycles. The highest BCUT2D eigenvalue weighted by atomic mass is 35.5. The Morgan fingerprint density at radius 2 is 1.81 bits per heavy atom. The fraction of sp³-hybridized carbons (Fsp3) is 0.417. The van der Waals surface area contributed by atoms with E-state index in [9.17, 15) is 4.79 Å². The van der Waals surface area contributed by atoms with Crippen molar-refractivity contribution in [3.63, 3.8) is 0 Å². The van der Waals surface area contributed by atoms with Crippen LogP contribution in [-0.4, -0.2) is 40.4 Å². The van der Waals surface area contributed by atoms with Gasteiger partial charge < -0.3 is 19.0 Å². The van der Waals surface area contributed by atoms with E-state index < -0.39 is 12.3 Å². The number of halogens is 2. The summed E-state index contributed by atoms with van der Waals surface area (Å²) in [5.41, 5.74) is 5.60. The number of anilines is 1. The van der Waals surface area contributed by atoms with E-state index in [2.05, 4.69) is 30.8 Å². The number of hydrogen-bond donors (Lipinski definition) is 2. The van der Waals surface area contributed by atoms with Crippen molar-refractivity contribution in [2.45, 2.75) is 50.5 Å². The number of hydrogen-bond acceptors (Lipinski definition) is 9. The predicted molar refractivity (Wildman–Crippen MR) is 131 cm³/mol. The van der Waals surface area contributed by atoms with E-state index in [4.69, 9.17) is 37.3 Å². The van der Waals surface area contributed by atoms with Crippen LogP contribution in [0, 0.1) is 0 Å². The summed E-state index contributed by atoms with van der Waals surface area (Å²) in [6.45, 7) is 1.94. The lowest BCUT2D eigenvalue weighted by Gasteiger charge is -2.32. The van der Waals surface area contributed by atoms with Crippen LogP contribution in [0.25, 0.3) is 11.3 Å². The summed E-state index contributed by atoms with van der Waals surface area (Å²) < 4.78 is 12.1. The van der Waals surface area contributed by atoms with Crippen molar-refractivity contribution in [2.75, 3.05) is 18.0 Å². The van der Waals surface area contributed by atoms with Gasteiger partial charge in [-0.3, -0.25) is 5.32 Å². The number of rotatable bonds is 7. The summed E-state index contributed by atoms with van der Waals surface area (Å²) in [6, 6.07) is 5.42. The average molecular weight is 531 g/mol. The van der Waals surface area contributed by atoms with Crippen molar-refractivity contribution in [1.29, 1.82) is 0 Å². The van der Waals surface area contributed by atoms with Crippen LogP contribution in [0.15, 0.2) is 35.1 Å². The molecule has 188 valence electrons. The standard InChI is InChI=1S/C24H24Cl2N6O4/c25-17-2-1-3-18(26)19(17)20-16(21(35-30-20)13-4-5-13)12-34-15-6-8-32(9-7-15)23-27-10-14(11-28-23)22-29-24(33)36-31-22/h1-3,10-11,13,15,22,31H,4-9,12H2,(H,29,33). The van der Waals surface area contributed by atoms with Gasteiger partial charge in [-0.05, 0) is 37.8 Å². The average Bonchev–Trinajstić information content (AvgIpc) is 3.51. The Morgan fingerprint density at radius 1 is 1.08 bits per heavy atom. The molecule has 1 saturated carbocycles. The molecule has 0 bridgehead atoms. The van der Waals surface area contributed by atoms with Gasteiger partial charge in [0.1, 0.15) is 17.6 Å². The van der Waals surface area contributed by atoms with Crippen molar-refractivity contribution in [3.05, 3.63) is 57.5 Å². The number of nitrogens with zero attached hydrogens (tertiary/aromatic N) is 4. The van der Waals surface area contributed by atoms with Crippen molar-refractivity contribution in [1.82, 2.24) is 25.9 Å². The fourth-order valence-electron chi connectivity index (χ4n) is 4.56. The molecule has 0 radical (unpaired) electrons. The number of carbonyl (C=O) groups excluding carboxylic acids is 1. The highest BCUT2D eigenvalue weighted by molar-refractivity contribution is 6.39. The van der Waals surface area contributed by atoms with E-state index in [1.54, 1.807) is 24.5 Å². The highest BCUT2D eigenvalue weighted by Crippen LogP contribution is 2.46. The smallest absolute Gasteiger partial charge is 0.373 e. The van der Waals surface area contributed by atoms with Gasteiger partial charge in [-0.1, -0.05) is 34.4 Å².